The number of likely N-dealkylation sites (tertiary alicyclic amines) is 1. The van der Waals surface area contributed by atoms with E-state index in [0.717, 1.165) is 94.3 Å². The van der Waals surface area contributed by atoms with E-state index < -0.39 is 23.2 Å². The van der Waals surface area contributed by atoms with Gasteiger partial charge in [0.1, 0.15) is 35.6 Å². The van der Waals surface area contributed by atoms with Gasteiger partial charge >= 0.3 is 0 Å². The van der Waals surface area contributed by atoms with Gasteiger partial charge in [-0.3, -0.25) is 29.4 Å². The third-order valence-corrected chi connectivity index (χ3v) is 16.2. The fourth-order valence-electron chi connectivity index (χ4n) is 12.1. The molecule has 2 aromatic carbocycles. The Labute approximate surface area is 392 Å². The van der Waals surface area contributed by atoms with E-state index in [0.29, 0.717) is 81.0 Å². The van der Waals surface area contributed by atoms with E-state index in [2.05, 4.69) is 72.5 Å². The van der Waals surface area contributed by atoms with E-state index in [1.165, 1.54) is 12.1 Å². The molecule has 4 atom stereocenters. The molecule has 10 rings (SSSR count). The molecule has 7 heterocycles. The summed E-state index contributed by atoms with van der Waals surface area (Å²) in [5, 5.41) is 9.12. The summed E-state index contributed by atoms with van der Waals surface area (Å²) in [5.41, 5.74) is 2.96. The number of nitrogens with zero attached hydrogens (tertiary/aromatic N) is 8. The lowest BCUT2D eigenvalue weighted by molar-refractivity contribution is -0.137. The number of rotatable bonds is 12. The summed E-state index contributed by atoms with van der Waals surface area (Å²) < 4.78 is 31.2. The van der Waals surface area contributed by atoms with Gasteiger partial charge in [0, 0.05) is 99.3 Å². The van der Waals surface area contributed by atoms with Crippen molar-refractivity contribution >= 4 is 46.6 Å². The second-order valence-corrected chi connectivity index (χ2v) is 21.3. The van der Waals surface area contributed by atoms with Crippen LogP contribution in [-0.4, -0.2) is 138 Å². The summed E-state index contributed by atoms with van der Waals surface area (Å²) in [6.45, 7) is 12.3. The molecule has 5 saturated heterocycles. The number of piperidine rings is 3. The summed E-state index contributed by atoms with van der Waals surface area (Å²) in [5.74, 6) is 0.827. The number of carbonyl (C=O) groups is 4. The summed E-state index contributed by atoms with van der Waals surface area (Å²) in [7, 11) is 2.23. The quantitative estimate of drug-likeness (QED) is 0.170. The minimum atomic E-state index is -0.618. The van der Waals surface area contributed by atoms with Crippen molar-refractivity contribution in [3.05, 3.63) is 71.1 Å². The van der Waals surface area contributed by atoms with Crippen LogP contribution in [0, 0.1) is 28.9 Å². The molecular formula is C50H65F2N11O4. The van der Waals surface area contributed by atoms with E-state index in [1.54, 1.807) is 16.1 Å². The second kappa shape index (κ2) is 18.2. The van der Waals surface area contributed by atoms with Crippen LogP contribution in [-0.2, 0) is 27.5 Å². The highest BCUT2D eigenvalue weighted by atomic mass is 19.1. The zero-order valence-electron chi connectivity index (χ0n) is 39.2. The Morgan fingerprint density at radius 2 is 1.61 bits per heavy atom. The fraction of sp³-hybridized carbons (Fsp3) is 0.600. The van der Waals surface area contributed by atoms with Crippen molar-refractivity contribution in [3.8, 4) is 0 Å². The normalized spacial score (nSPS) is 26.1. The molecule has 1 aromatic heterocycles. The standard InChI is InChI=1S/C50H65F2N11O4/c1-49(2)10-16-59(17-11-49)25-34-22-39(52)42(23-38(34)51)62-29-46(65)57-50(30-62)12-18-60(19-13-50)44-24-43(54-31-55-44)53-14-5-15-58(3)35-20-32-26-61(27-33(32)21-35)40-7-4-6-36-37(40)28-63(48(36)67)41-8-9-45(64)56-47(41)66/h4,6-7,22-24,31-33,35,41H,5,8-21,25-30H2,1-3H3,(H,57,65)(H,53,54,55)(H,56,64,66)/t32-,33+,35?,41?. The third kappa shape index (κ3) is 9.42. The van der Waals surface area contributed by atoms with Crippen LogP contribution >= 0.6 is 0 Å². The van der Waals surface area contributed by atoms with Crippen LogP contribution in [0.3, 0.4) is 0 Å². The Kier molecular flexibility index (Phi) is 12.4. The highest BCUT2D eigenvalue weighted by Crippen LogP contribution is 2.44. The van der Waals surface area contributed by atoms with Gasteiger partial charge in [0.25, 0.3) is 5.91 Å². The molecule has 15 nitrogen and oxygen atoms in total. The lowest BCUT2D eigenvalue weighted by Crippen LogP contribution is -2.66. The zero-order chi connectivity index (χ0) is 46.6. The molecule has 17 heteroatoms. The summed E-state index contributed by atoms with van der Waals surface area (Å²) in [4.78, 5) is 72.7. The molecule has 2 unspecified atom stereocenters. The molecule has 3 N–H and O–H groups in total. The number of hydrogen-bond acceptors (Lipinski definition) is 12. The molecule has 67 heavy (non-hydrogen) atoms. The molecule has 0 radical (unpaired) electrons. The molecule has 4 amide bonds. The molecule has 0 bridgehead atoms. The minimum absolute atomic E-state index is 0.0161. The number of nitrogens with one attached hydrogen (secondary N) is 3. The van der Waals surface area contributed by atoms with Crippen LogP contribution in [0.15, 0.2) is 42.7 Å². The topological polar surface area (TPSA) is 150 Å². The van der Waals surface area contributed by atoms with Crippen LogP contribution in [0.4, 0.5) is 31.8 Å². The molecule has 7 aliphatic rings. The first-order valence-electron chi connectivity index (χ1n) is 24.5. The van der Waals surface area contributed by atoms with Crippen LogP contribution in [0.5, 0.6) is 0 Å². The van der Waals surface area contributed by atoms with Crippen molar-refractivity contribution in [3.63, 3.8) is 0 Å². The highest BCUT2D eigenvalue weighted by Gasteiger charge is 2.46. The molecule has 6 aliphatic heterocycles. The molecule has 1 aliphatic carbocycles. The number of anilines is 4. The van der Waals surface area contributed by atoms with Gasteiger partial charge in [0.2, 0.25) is 17.7 Å². The summed E-state index contributed by atoms with van der Waals surface area (Å²) >= 11 is 0. The highest BCUT2D eigenvalue weighted by molar-refractivity contribution is 6.06. The largest absolute Gasteiger partial charge is 0.371 e. The number of halogens is 2. The van der Waals surface area contributed by atoms with Crippen LogP contribution < -0.4 is 30.7 Å². The van der Waals surface area contributed by atoms with E-state index in [-0.39, 0.29) is 47.7 Å². The molecule has 1 saturated carbocycles. The Hall–Kier alpha value is -5.42. The first-order valence-corrected chi connectivity index (χ1v) is 24.5. The van der Waals surface area contributed by atoms with Gasteiger partial charge in [0.15, 0.2) is 0 Å². The maximum atomic E-state index is 15.7. The number of hydrogen-bond donors (Lipinski definition) is 3. The summed E-state index contributed by atoms with van der Waals surface area (Å²) in [6.07, 6.45) is 8.75. The van der Waals surface area contributed by atoms with E-state index in [1.807, 2.05) is 18.2 Å². The molecule has 358 valence electrons. The number of fused-ring (bicyclic) bond motifs is 2. The van der Waals surface area contributed by atoms with Gasteiger partial charge in [-0.1, -0.05) is 19.9 Å². The lowest BCUT2D eigenvalue weighted by atomic mass is 9.82. The maximum absolute atomic E-state index is 15.7. The van der Waals surface area contributed by atoms with Gasteiger partial charge in [0.05, 0.1) is 17.8 Å². The van der Waals surface area contributed by atoms with Gasteiger partial charge in [-0.25, -0.2) is 18.7 Å². The summed E-state index contributed by atoms with van der Waals surface area (Å²) in [6, 6.07) is 10.4. The van der Waals surface area contributed by atoms with Crippen molar-refractivity contribution in [2.45, 2.75) is 102 Å². The van der Waals surface area contributed by atoms with Crippen molar-refractivity contribution in [1.82, 2.24) is 35.3 Å². The van der Waals surface area contributed by atoms with E-state index in [9.17, 15) is 19.2 Å². The van der Waals surface area contributed by atoms with Crippen molar-refractivity contribution in [2.24, 2.45) is 17.3 Å². The average Bonchev–Trinajstić information content (AvgIpc) is 3.99. The monoisotopic (exact) mass is 922 g/mol. The van der Waals surface area contributed by atoms with E-state index in [4.69, 9.17) is 0 Å². The Bertz CT molecular complexity index is 2390. The Morgan fingerprint density at radius 3 is 2.36 bits per heavy atom. The number of imide groups is 1. The van der Waals surface area contributed by atoms with Gasteiger partial charge in [-0.2, -0.15) is 0 Å². The van der Waals surface area contributed by atoms with Crippen molar-refractivity contribution in [1.29, 1.82) is 0 Å². The zero-order valence-corrected chi connectivity index (χ0v) is 39.2. The van der Waals surface area contributed by atoms with Crippen molar-refractivity contribution < 1.29 is 28.0 Å². The number of amides is 4. The molecule has 6 fully saturated rings. The minimum Gasteiger partial charge on any atom is -0.371 e. The van der Waals surface area contributed by atoms with Crippen molar-refractivity contribution in [2.75, 3.05) is 92.5 Å². The van der Waals surface area contributed by atoms with Crippen LogP contribution in [0.2, 0.25) is 0 Å². The van der Waals surface area contributed by atoms with E-state index >= 15 is 8.78 Å². The Morgan fingerprint density at radius 1 is 0.851 bits per heavy atom. The predicted octanol–water partition coefficient (Wildman–Crippen LogP) is 4.76. The number of aromatic nitrogens is 2. The molecule has 3 aromatic rings. The number of benzene rings is 2. The fourth-order valence-corrected chi connectivity index (χ4v) is 12.1. The second-order valence-electron chi connectivity index (χ2n) is 21.3. The molecular weight excluding hydrogens is 857 g/mol. The predicted molar refractivity (Wildman–Crippen MR) is 252 cm³/mol. The van der Waals surface area contributed by atoms with Gasteiger partial charge in [-0.05, 0) is 113 Å². The number of piperazine rings is 1. The lowest BCUT2D eigenvalue weighted by Gasteiger charge is -2.48. The maximum Gasteiger partial charge on any atom is 0.255 e. The number of carbonyl (C=O) groups excluding carboxylic acids is 4. The third-order valence-electron chi connectivity index (χ3n) is 16.2. The van der Waals surface area contributed by atoms with Gasteiger partial charge in [-0.15, -0.1) is 0 Å². The van der Waals surface area contributed by atoms with Crippen LogP contribution in [0.1, 0.15) is 93.1 Å². The van der Waals surface area contributed by atoms with Gasteiger partial charge < -0.3 is 35.1 Å². The SMILES string of the molecule is CN(CCCNc1cc(N2CCC3(CC2)CN(c2cc(F)c(CN4CCC(C)(C)CC4)cc2F)CC(=O)N3)ncn1)C1C[C@@H]2CN(c3cccc4c3CN(C3CCC(=O)NC3=O)C4=O)C[C@@H]2C1. The Balaban J connectivity index is 0.671. The average molecular weight is 922 g/mol. The first kappa shape index (κ1) is 45.4. The molecule has 1 spiro atoms. The van der Waals surface area contributed by atoms with Crippen LogP contribution in [0.25, 0.3) is 0 Å². The first-order chi connectivity index (χ1) is 32.2. The smallest absolute Gasteiger partial charge is 0.255 e.